The molecule has 0 aromatic heterocycles. The molecule has 126 valence electrons. The minimum absolute atomic E-state index is 0.0787. The van der Waals surface area contributed by atoms with Gasteiger partial charge in [0.15, 0.2) is 0 Å². The molecule has 0 saturated carbocycles. The summed E-state index contributed by atoms with van der Waals surface area (Å²) >= 11 is 0. The van der Waals surface area contributed by atoms with Crippen LogP contribution in [0.25, 0.3) is 0 Å². The average molecular weight is 331 g/mol. The van der Waals surface area contributed by atoms with Gasteiger partial charge in [-0.1, -0.05) is 18.2 Å². The van der Waals surface area contributed by atoms with Gasteiger partial charge in [0.1, 0.15) is 5.75 Å². The minimum atomic E-state index is -0.971. The molecule has 4 N–H and O–H groups in total. The summed E-state index contributed by atoms with van der Waals surface area (Å²) in [6.07, 6.45) is -0.971. The Kier molecular flexibility index (Phi) is 5.33. The van der Waals surface area contributed by atoms with E-state index >= 15 is 0 Å². The van der Waals surface area contributed by atoms with E-state index in [9.17, 15) is 25.1 Å². The Labute approximate surface area is 137 Å². The maximum atomic E-state index is 12.0. The average Bonchev–Trinajstić information content (AvgIpc) is 2.55. The Hall–Kier alpha value is -3.13. The van der Waals surface area contributed by atoms with E-state index in [4.69, 9.17) is 0 Å². The number of hydrogen-bond donors (Lipinski definition) is 4. The third kappa shape index (κ3) is 4.43. The van der Waals surface area contributed by atoms with Gasteiger partial charge in [-0.25, -0.2) is 4.79 Å². The van der Waals surface area contributed by atoms with E-state index in [2.05, 4.69) is 10.6 Å². The minimum Gasteiger partial charge on any atom is -0.508 e. The summed E-state index contributed by atoms with van der Waals surface area (Å²) in [6.45, 7) is 1.62. The fraction of sp³-hybridized carbons (Fsp3) is 0.188. The Morgan fingerprint density at radius 3 is 2.50 bits per heavy atom. The van der Waals surface area contributed by atoms with Gasteiger partial charge >= 0.3 is 6.03 Å². The molecule has 8 heteroatoms. The molecule has 2 rings (SSSR count). The van der Waals surface area contributed by atoms with Crippen molar-refractivity contribution in [1.82, 2.24) is 5.32 Å². The predicted molar refractivity (Wildman–Crippen MR) is 87.8 cm³/mol. The first-order valence-corrected chi connectivity index (χ1v) is 7.16. The van der Waals surface area contributed by atoms with Gasteiger partial charge in [0, 0.05) is 17.8 Å². The molecule has 24 heavy (non-hydrogen) atoms. The zero-order chi connectivity index (χ0) is 17.7. The van der Waals surface area contributed by atoms with E-state index in [1.54, 1.807) is 19.1 Å². The van der Waals surface area contributed by atoms with Crippen molar-refractivity contribution < 1.29 is 19.9 Å². The van der Waals surface area contributed by atoms with Crippen LogP contribution in [0, 0.1) is 10.1 Å². The van der Waals surface area contributed by atoms with Crippen molar-refractivity contribution in [2.75, 3.05) is 5.32 Å². The second kappa shape index (κ2) is 7.42. The number of carbonyl (C=O) groups excluding carboxylic acids is 1. The lowest BCUT2D eigenvalue weighted by Crippen LogP contribution is -2.39. The first kappa shape index (κ1) is 17.2. The molecule has 0 unspecified atom stereocenters. The van der Waals surface area contributed by atoms with Crippen LogP contribution in [0.5, 0.6) is 5.75 Å². The topological polar surface area (TPSA) is 125 Å². The number of aliphatic hydroxyl groups excluding tert-OH is 1. The first-order valence-electron chi connectivity index (χ1n) is 7.16. The molecule has 0 saturated heterocycles. The third-order valence-electron chi connectivity index (χ3n) is 3.38. The lowest BCUT2D eigenvalue weighted by atomic mass is 10.0. The van der Waals surface area contributed by atoms with Crippen LogP contribution in [0.1, 0.15) is 18.6 Å². The molecule has 2 atom stereocenters. The normalized spacial score (nSPS) is 12.9. The van der Waals surface area contributed by atoms with Crippen molar-refractivity contribution in [3.8, 4) is 5.75 Å². The van der Waals surface area contributed by atoms with Gasteiger partial charge in [0.2, 0.25) is 0 Å². The van der Waals surface area contributed by atoms with Crippen molar-refractivity contribution in [1.29, 1.82) is 0 Å². The second-order valence-electron chi connectivity index (χ2n) is 5.23. The number of rotatable bonds is 5. The van der Waals surface area contributed by atoms with Gasteiger partial charge < -0.3 is 20.8 Å². The number of aliphatic hydroxyl groups is 1. The number of phenols is 1. The SMILES string of the molecule is C[C@@H](NC(=O)Nc1cccc([N+](=O)[O-])c1)[C@@H](O)c1ccc(O)cc1. The van der Waals surface area contributed by atoms with Gasteiger partial charge in [0.05, 0.1) is 17.1 Å². The lowest BCUT2D eigenvalue weighted by molar-refractivity contribution is -0.384. The Balaban J connectivity index is 1.97. The van der Waals surface area contributed by atoms with Gasteiger partial charge in [0.25, 0.3) is 5.69 Å². The number of carbonyl (C=O) groups is 1. The van der Waals surface area contributed by atoms with Gasteiger partial charge in [-0.05, 0) is 30.7 Å². The number of non-ortho nitro benzene ring substituents is 1. The van der Waals surface area contributed by atoms with Crippen molar-refractivity contribution in [3.63, 3.8) is 0 Å². The molecule has 0 aliphatic carbocycles. The molecule has 0 radical (unpaired) electrons. The van der Waals surface area contributed by atoms with Crippen LogP contribution in [-0.4, -0.2) is 27.2 Å². The third-order valence-corrected chi connectivity index (χ3v) is 3.38. The summed E-state index contributed by atoms with van der Waals surface area (Å²) in [4.78, 5) is 22.1. The van der Waals surface area contributed by atoms with E-state index in [-0.39, 0.29) is 17.1 Å². The maximum absolute atomic E-state index is 12.0. The number of phenolic OH excluding ortho intramolecular Hbond substituents is 1. The van der Waals surface area contributed by atoms with Crippen molar-refractivity contribution >= 4 is 17.4 Å². The maximum Gasteiger partial charge on any atom is 0.319 e. The number of anilines is 1. The van der Waals surface area contributed by atoms with E-state index in [0.717, 1.165) is 0 Å². The molecule has 8 nitrogen and oxygen atoms in total. The summed E-state index contributed by atoms with van der Waals surface area (Å²) in [5.74, 6) is 0.0787. The monoisotopic (exact) mass is 331 g/mol. The zero-order valence-corrected chi connectivity index (χ0v) is 12.8. The number of aromatic hydroxyl groups is 1. The van der Waals surface area contributed by atoms with Crippen molar-refractivity contribution in [3.05, 3.63) is 64.2 Å². The number of nitro benzene ring substituents is 1. The lowest BCUT2D eigenvalue weighted by Gasteiger charge is -2.21. The van der Waals surface area contributed by atoms with Gasteiger partial charge in [-0.2, -0.15) is 0 Å². The van der Waals surface area contributed by atoms with Crippen LogP contribution in [0.3, 0.4) is 0 Å². The number of hydrogen-bond acceptors (Lipinski definition) is 5. The number of nitrogens with zero attached hydrogens (tertiary/aromatic N) is 1. The molecule has 2 aromatic rings. The predicted octanol–water partition coefficient (Wildman–Crippen LogP) is 2.54. The van der Waals surface area contributed by atoms with Gasteiger partial charge in [-0.3, -0.25) is 10.1 Å². The Morgan fingerprint density at radius 2 is 1.88 bits per heavy atom. The van der Waals surface area contributed by atoms with E-state index < -0.39 is 23.1 Å². The molecule has 0 spiro atoms. The molecule has 0 heterocycles. The van der Waals surface area contributed by atoms with E-state index in [0.29, 0.717) is 5.56 Å². The van der Waals surface area contributed by atoms with Crippen molar-refractivity contribution in [2.24, 2.45) is 0 Å². The van der Waals surface area contributed by atoms with Crippen molar-refractivity contribution in [2.45, 2.75) is 19.1 Å². The quantitative estimate of drug-likeness (QED) is 0.495. The fourth-order valence-electron chi connectivity index (χ4n) is 2.11. The number of nitro groups is 1. The van der Waals surface area contributed by atoms with E-state index in [1.165, 1.54) is 36.4 Å². The Bertz CT molecular complexity index is 733. The zero-order valence-electron chi connectivity index (χ0n) is 12.8. The summed E-state index contributed by atoms with van der Waals surface area (Å²) in [7, 11) is 0. The number of benzene rings is 2. The molecule has 2 aromatic carbocycles. The number of urea groups is 1. The highest BCUT2D eigenvalue weighted by Gasteiger charge is 2.18. The van der Waals surface area contributed by atoms with Crippen LogP contribution in [-0.2, 0) is 0 Å². The highest BCUT2D eigenvalue weighted by Crippen LogP contribution is 2.20. The second-order valence-corrected chi connectivity index (χ2v) is 5.23. The summed E-state index contributed by atoms with van der Waals surface area (Å²) in [6, 6.07) is 10.3. The smallest absolute Gasteiger partial charge is 0.319 e. The molecule has 0 aliphatic heterocycles. The highest BCUT2D eigenvalue weighted by molar-refractivity contribution is 5.89. The highest BCUT2D eigenvalue weighted by atomic mass is 16.6. The summed E-state index contributed by atoms with van der Waals surface area (Å²) < 4.78 is 0. The summed E-state index contributed by atoms with van der Waals surface area (Å²) in [5, 5.41) is 35.2. The molecule has 0 fully saturated rings. The van der Waals surface area contributed by atoms with Gasteiger partial charge in [-0.15, -0.1) is 0 Å². The van der Waals surface area contributed by atoms with Crippen LogP contribution in [0.15, 0.2) is 48.5 Å². The molecule has 0 aliphatic rings. The van der Waals surface area contributed by atoms with Crippen LogP contribution >= 0.6 is 0 Å². The first-order chi connectivity index (χ1) is 11.4. The molecular weight excluding hydrogens is 314 g/mol. The van der Waals surface area contributed by atoms with Crippen LogP contribution in [0.2, 0.25) is 0 Å². The molecule has 2 amide bonds. The molecule has 0 bridgehead atoms. The largest absolute Gasteiger partial charge is 0.508 e. The number of nitrogens with one attached hydrogen (secondary N) is 2. The van der Waals surface area contributed by atoms with Crippen LogP contribution < -0.4 is 10.6 Å². The standard InChI is InChI=1S/C16H17N3O5/c1-10(15(21)11-5-7-14(20)8-6-11)17-16(22)18-12-3-2-4-13(9-12)19(23)24/h2-10,15,20-21H,1H3,(H2,17,18,22)/t10-,15-/m1/s1. The van der Waals surface area contributed by atoms with Crippen LogP contribution in [0.4, 0.5) is 16.2 Å². The number of amides is 2. The van der Waals surface area contributed by atoms with E-state index in [1.807, 2.05) is 0 Å². The molecular formula is C16H17N3O5. The fourth-order valence-corrected chi connectivity index (χ4v) is 2.11. The summed E-state index contributed by atoms with van der Waals surface area (Å²) in [5.41, 5.74) is 0.675. The Morgan fingerprint density at radius 1 is 1.21 bits per heavy atom.